The van der Waals surface area contributed by atoms with Gasteiger partial charge >= 0.3 is 0 Å². The summed E-state index contributed by atoms with van der Waals surface area (Å²) in [4.78, 5) is 30.4. The molecule has 1 saturated heterocycles. The maximum atomic E-state index is 13.7. The number of amides is 1. The zero-order valence-corrected chi connectivity index (χ0v) is 15.6. The molecule has 1 unspecified atom stereocenters. The van der Waals surface area contributed by atoms with Crippen LogP contribution in [0.5, 0.6) is 0 Å². The van der Waals surface area contributed by atoms with Crippen molar-refractivity contribution in [2.45, 2.75) is 6.04 Å². The largest absolute Gasteiger partial charge is 0.367 e. The molecule has 0 saturated carbocycles. The van der Waals surface area contributed by atoms with Gasteiger partial charge in [0.25, 0.3) is 0 Å². The maximum absolute atomic E-state index is 13.7. The predicted molar refractivity (Wildman–Crippen MR) is 107 cm³/mol. The van der Waals surface area contributed by atoms with Crippen molar-refractivity contribution in [2.75, 3.05) is 36.4 Å². The Bertz CT molecular complexity index is 1050. The van der Waals surface area contributed by atoms with Crippen molar-refractivity contribution in [3.63, 3.8) is 0 Å². The normalized spacial score (nSPS) is 20.1. The van der Waals surface area contributed by atoms with E-state index in [4.69, 9.17) is 4.98 Å². The summed E-state index contributed by atoms with van der Waals surface area (Å²) in [5, 5.41) is 2.96. The summed E-state index contributed by atoms with van der Waals surface area (Å²) in [6.45, 7) is 3.23. The number of anilines is 2. The van der Waals surface area contributed by atoms with E-state index in [1.165, 1.54) is 6.07 Å². The van der Waals surface area contributed by atoms with Crippen LogP contribution in [-0.2, 0) is 4.79 Å². The smallest absolute Gasteiger partial charge is 0.248 e. The molecule has 0 aliphatic carbocycles. The minimum atomic E-state index is -0.529. The number of nitrogens with zero attached hydrogens (tertiary/aromatic N) is 5. The fraction of sp³-hybridized carbons (Fsp3) is 0.238. The molecule has 3 aromatic rings. The molecule has 3 aliphatic rings. The number of carbonyl (C=O) groups excluding carboxylic acids is 1. The van der Waals surface area contributed by atoms with Gasteiger partial charge in [-0.3, -0.25) is 19.7 Å². The summed E-state index contributed by atoms with van der Waals surface area (Å²) in [5.74, 6) is -0.567. The first-order chi connectivity index (χ1) is 14.2. The fourth-order valence-electron chi connectivity index (χ4n) is 3.98. The van der Waals surface area contributed by atoms with Gasteiger partial charge in [0.1, 0.15) is 11.9 Å². The lowest BCUT2D eigenvalue weighted by molar-refractivity contribution is -0.121. The van der Waals surface area contributed by atoms with Crippen molar-refractivity contribution in [2.24, 2.45) is 0 Å². The van der Waals surface area contributed by atoms with Crippen LogP contribution in [0.15, 0.2) is 55.1 Å². The maximum Gasteiger partial charge on any atom is 0.248 e. The monoisotopic (exact) mass is 390 g/mol. The lowest BCUT2D eigenvalue weighted by Gasteiger charge is -2.33. The highest BCUT2D eigenvalue weighted by molar-refractivity contribution is 5.96. The average molecular weight is 390 g/mol. The Morgan fingerprint density at radius 2 is 1.93 bits per heavy atom. The highest BCUT2D eigenvalue weighted by atomic mass is 19.1. The van der Waals surface area contributed by atoms with E-state index in [9.17, 15) is 9.18 Å². The molecular formula is C21H19FN6O. The van der Waals surface area contributed by atoms with Crippen molar-refractivity contribution in [1.82, 2.24) is 19.9 Å². The van der Waals surface area contributed by atoms with Crippen molar-refractivity contribution < 1.29 is 9.18 Å². The summed E-state index contributed by atoms with van der Waals surface area (Å²) in [6, 6.07) is 8.29. The van der Waals surface area contributed by atoms with Crippen LogP contribution >= 0.6 is 0 Å². The van der Waals surface area contributed by atoms with Crippen LogP contribution in [0.3, 0.4) is 0 Å². The first-order valence-corrected chi connectivity index (χ1v) is 9.51. The summed E-state index contributed by atoms with van der Waals surface area (Å²) in [7, 11) is 0. The second-order valence-corrected chi connectivity index (χ2v) is 7.15. The van der Waals surface area contributed by atoms with E-state index < -0.39 is 11.9 Å². The molecule has 0 aromatic carbocycles. The summed E-state index contributed by atoms with van der Waals surface area (Å²) < 4.78 is 13.7. The molecule has 1 fully saturated rings. The standard InChI is InChI=1S/C21H19FN6O/c22-15-10-14(11-24-12-15)17-3-4-18-19(26-17)20(28-8-6-27(18)7-9-28)21(29)25-16-2-1-5-23-13-16/h1-5,10-13,20H,6-9H2,(H,25,29). The van der Waals surface area contributed by atoms with E-state index >= 15 is 0 Å². The van der Waals surface area contributed by atoms with Gasteiger partial charge in [0.2, 0.25) is 5.91 Å². The second kappa shape index (κ2) is 7.21. The first-order valence-electron chi connectivity index (χ1n) is 9.51. The number of nitrogens with one attached hydrogen (secondary N) is 1. The number of hydrogen-bond acceptors (Lipinski definition) is 6. The molecule has 1 atom stereocenters. The summed E-state index contributed by atoms with van der Waals surface area (Å²) >= 11 is 0. The van der Waals surface area contributed by atoms with E-state index in [-0.39, 0.29) is 5.91 Å². The third-order valence-electron chi connectivity index (χ3n) is 5.36. The zero-order chi connectivity index (χ0) is 19.8. The Balaban J connectivity index is 1.57. The second-order valence-electron chi connectivity index (χ2n) is 7.15. The molecule has 146 valence electrons. The van der Waals surface area contributed by atoms with Crippen LogP contribution in [0.1, 0.15) is 11.7 Å². The van der Waals surface area contributed by atoms with Crippen molar-refractivity contribution in [3.8, 4) is 11.3 Å². The number of fused-ring (bicyclic) bond motifs is 2. The molecule has 7 nitrogen and oxygen atoms in total. The van der Waals surface area contributed by atoms with E-state index in [2.05, 4.69) is 25.1 Å². The van der Waals surface area contributed by atoms with Crippen LogP contribution in [0.25, 0.3) is 11.3 Å². The minimum Gasteiger partial charge on any atom is -0.367 e. The lowest BCUT2D eigenvalue weighted by atomic mass is 10.1. The first kappa shape index (κ1) is 17.7. The van der Waals surface area contributed by atoms with Gasteiger partial charge in [0.15, 0.2) is 0 Å². The molecular weight excluding hydrogens is 371 g/mol. The SMILES string of the molecule is O=C(Nc1cccnc1)C1c2nc(-c3cncc(F)c3)ccc2N2CCN1CC2. The third-order valence-corrected chi connectivity index (χ3v) is 5.36. The van der Waals surface area contributed by atoms with Gasteiger partial charge in [-0.05, 0) is 30.3 Å². The van der Waals surface area contributed by atoms with Crippen LogP contribution in [0, 0.1) is 5.82 Å². The summed E-state index contributed by atoms with van der Waals surface area (Å²) in [6.07, 6.45) is 6.02. The summed E-state index contributed by atoms with van der Waals surface area (Å²) in [5.41, 5.74) is 3.46. The van der Waals surface area contributed by atoms with E-state index in [0.717, 1.165) is 38.1 Å². The molecule has 0 spiro atoms. The van der Waals surface area contributed by atoms with Gasteiger partial charge in [0, 0.05) is 44.1 Å². The van der Waals surface area contributed by atoms with Crippen molar-refractivity contribution >= 4 is 17.3 Å². The highest BCUT2D eigenvalue weighted by Crippen LogP contribution is 2.37. The quantitative estimate of drug-likeness (QED) is 0.741. The van der Waals surface area contributed by atoms with Gasteiger partial charge in [-0.2, -0.15) is 0 Å². The Hall–Kier alpha value is -3.39. The van der Waals surface area contributed by atoms with E-state index in [0.29, 0.717) is 22.6 Å². The molecule has 8 heteroatoms. The number of rotatable bonds is 3. The molecule has 2 bridgehead atoms. The predicted octanol–water partition coefficient (Wildman–Crippen LogP) is 2.49. The lowest BCUT2D eigenvalue weighted by Crippen LogP contribution is -2.46. The van der Waals surface area contributed by atoms with Crippen molar-refractivity contribution in [3.05, 3.63) is 66.6 Å². The topological polar surface area (TPSA) is 74.2 Å². The van der Waals surface area contributed by atoms with Gasteiger partial charge in [-0.15, -0.1) is 0 Å². The van der Waals surface area contributed by atoms with E-state index in [1.54, 1.807) is 30.7 Å². The Morgan fingerprint density at radius 1 is 1.07 bits per heavy atom. The van der Waals surface area contributed by atoms with Crippen LogP contribution < -0.4 is 10.2 Å². The Kier molecular flexibility index (Phi) is 4.40. The van der Waals surface area contributed by atoms with Gasteiger partial charge in [-0.25, -0.2) is 9.37 Å². The molecule has 29 heavy (non-hydrogen) atoms. The Labute approximate surface area is 167 Å². The number of halogens is 1. The fourth-order valence-corrected chi connectivity index (χ4v) is 3.98. The molecule has 3 aromatic heterocycles. The van der Waals surface area contributed by atoms with Crippen LogP contribution in [0.4, 0.5) is 15.8 Å². The minimum absolute atomic E-state index is 0.148. The van der Waals surface area contributed by atoms with Crippen LogP contribution in [-0.4, -0.2) is 51.9 Å². The number of hydrogen-bond donors (Lipinski definition) is 1. The highest BCUT2D eigenvalue weighted by Gasteiger charge is 2.38. The van der Waals surface area contributed by atoms with Gasteiger partial charge in [-0.1, -0.05) is 0 Å². The number of carbonyl (C=O) groups is 1. The van der Waals surface area contributed by atoms with E-state index in [1.807, 2.05) is 12.1 Å². The average Bonchev–Trinajstić information content (AvgIpc) is 3.00. The van der Waals surface area contributed by atoms with Crippen LogP contribution in [0.2, 0.25) is 0 Å². The molecule has 6 rings (SSSR count). The van der Waals surface area contributed by atoms with Crippen molar-refractivity contribution in [1.29, 1.82) is 0 Å². The third kappa shape index (κ3) is 3.31. The number of piperazine rings is 1. The molecule has 3 aliphatic heterocycles. The molecule has 6 heterocycles. The van der Waals surface area contributed by atoms with Gasteiger partial charge in [0.05, 0.1) is 35.2 Å². The molecule has 1 N–H and O–H groups in total. The number of aromatic nitrogens is 3. The Morgan fingerprint density at radius 3 is 2.69 bits per heavy atom. The number of pyridine rings is 3. The van der Waals surface area contributed by atoms with Gasteiger partial charge < -0.3 is 10.2 Å². The zero-order valence-electron chi connectivity index (χ0n) is 15.6. The molecule has 0 radical (unpaired) electrons. The molecule has 1 amide bonds.